The largest absolute Gasteiger partial charge is 0.364 e. The average molecular weight is 223 g/mol. The van der Waals surface area contributed by atoms with E-state index in [0.29, 0.717) is 11.6 Å². The molecular formula is C11H17N3O2. The fourth-order valence-corrected chi connectivity index (χ4v) is 2.03. The molecule has 0 saturated carbocycles. The Kier molecular flexibility index (Phi) is 3.56. The van der Waals surface area contributed by atoms with Gasteiger partial charge in [-0.05, 0) is 38.8 Å². The van der Waals surface area contributed by atoms with Crippen LogP contribution in [0, 0.1) is 5.92 Å². The van der Waals surface area contributed by atoms with Gasteiger partial charge in [-0.1, -0.05) is 5.16 Å². The summed E-state index contributed by atoms with van der Waals surface area (Å²) in [5.74, 6) is 0.344. The van der Waals surface area contributed by atoms with Crippen molar-refractivity contribution in [2.45, 2.75) is 25.8 Å². The van der Waals surface area contributed by atoms with Crippen molar-refractivity contribution in [2.24, 2.45) is 5.92 Å². The Morgan fingerprint density at radius 2 is 2.62 bits per heavy atom. The summed E-state index contributed by atoms with van der Waals surface area (Å²) in [6.45, 7) is 4.09. The van der Waals surface area contributed by atoms with Gasteiger partial charge in [-0.2, -0.15) is 0 Å². The molecule has 1 aliphatic heterocycles. The van der Waals surface area contributed by atoms with Crippen LogP contribution in [0.25, 0.3) is 0 Å². The van der Waals surface area contributed by atoms with Crippen molar-refractivity contribution in [2.75, 3.05) is 13.1 Å². The molecule has 1 aromatic heterocycles. The first kappa shape index (κ1) is 11.1. The minimum Gasteiger partial charge on any atom is -0.364 e. The lowest BCUT2D eigenvalue weighted by Gasteiger charge is -2.28. The number of carbonyl (C=O) groups is 1. The summed E-state index contributed by atoms with van der Waals surface area (Å²) in [7, 11) is 0. The maximum Gasteiger partial charge on any atom is 0.273 e. The number of nitrogens with one attached hydrogen (secondary N) is 2. The van der Waals surface area contributed by atoms with E-state index in [1.807, 2.05) is 6.92 Å². The highest BCUT2D eigenvalue weighted by atomic mass is 16.5. The number of hydrogen-bond donors (Lipinski definition) is 2. The molecule has 0 radical (unpaired) electrons. The van der Waals surface area contributed by atoms with Crippen molar-refractivity contribution in [3.8, 4) is 0 Å². The van der Waals surface area contributed by atoms with E-state index in [1.165, 1.54) is 12.7 Å². The van der Waals surface area contributed by atoms with Gasteiger partial charge >= 0.3 is 0 Å². The Balaban J connectivity index is 1.86. The van der Waals surface area contributed by atoms with Crippen LogP contribution in [0.15, 0.2) is 16.9 Å². The molecule has 5 nitrogen and oxygen atoms in total. The first-order chi connectivity index (χ1) is 7.77. The van der Waals surface area contributed by atoms with Crippen LogP contribution in [0.2, 0.25) is 0 Å². The zero-order valence-corrected chi connectivity index (χ0v) is 9.40. The number of aromatic nitrogens is 1. The molecule has 2 heterocycles. The summed E-state index contributed by atoms with van der Waals surface area (Å²) >= 11 is 0. The molecule has 0 bridgehead atoms. The molecule has 0 aromatic carbocycles. The van der Waals surface area contributed by atoms with E-state index in [9.17, 15) is 4.79 Å². The van der Waals surface area contributed by atoms with Gasteiger partial charge in [0.15, 0.2) is 5.69 Å². The van der Waals surface area contributed by atoms with E-state index >= 15 is 0 Å². The van der Waals surface area contributed by atoms with Crippen molar-refractivity contribution in [1.29, 1.82) is 0 Å². The van der Waals surface area contributed by atoms with Gasteiger partial charge in [0.25, 0.3) is 5.91 Å². The average Bonchev–Trinajstić information content (AvgIpc) is 2.83. The molecule has 16 heavy (non-hydrogen) atoms. The van der Waals surface area contributed by atoms with E-state index in [4.69, 9.17) is 0 Å². The molecule has 1 saturated heterocycles. The van der Waals surface area contributed by atoms with Crippen LogP contribution in [-0.4, -0.2) is 30.2 Å². The van der Waals surface area contributed by atoms with Gasteiger partial charge in [-0.25, -0.2) is 0 Å². The summed E-state index contributed by atoms with van der Waals surface area (Å²) in [5.41, 5.74) is 0.343. The molecule has 0 aliphatic carbocycles. The molecule has 2 rings (SSSR count). The Morgan fingerprint density at radius 3 is 3.25 bits per heavy atom. The van der Waals surface area contributed by atoms with Crippen LogP contribution in [0.4, 0.5) is 0 Å². The third kappa shape index (κ3) is 2.61. The SMILES string of the molecule is CC(NC(=O)c1ccon1)C1CCCNC1. The zero-order chi connectivity index (χ0) is 11.4. The van der Waals surface area contributed by atoms with E-state index < -0.39 is 0 Å². The Hall–Kier alpha value is -1.36. The van der Waals surface area contributed by atoms with Gasteiger partial charge in [-0.15, -0.1) is 0 Å². The van der Waals surface area contributed by atoms with Crippen LogP contribution >= 0.6 is 0 Å². The third-order valence-electron chi connectivity index (χ3n) is 3.07. The smallest absolute Gasteiger partial charge is 0.273 e. The lowest BCUT2D eigenvalue weighted by molar-refractivity contribution is 0.0912. The van der Waals surface area contributed by atoms with Crippen molar-refractivity contribution >= 4 is 5.91 Å². The maximum absolute atomic E-state index is 11.7. The van der Waals surface area contributed by atoms with E-state index in [1.54, 1.807) is 6.07 Å². The van der Waals surface area contributed by atoms with Gasteiger partial charge in [0.2, 0.25) is 0 Å². The number of nitrogens with zero attached hydrogens (tertiary/aromatic N) is 1. The number of amides is 1. The normalized spacial score (nSPS) is 22.7. The lowest BCUT2D eigenvalue weighted by Crippen LogP contribution is -2.44. The first-order valence-electron chi connectivity index (χ1n) is 5.69. The molecule has 1 fully saturated rings. The first-order valence-corrected chi connectivity index (χ1v) is 5.69. The second-order valence-corrected chi connectivity index (χ2v) is 4.25. The molecule has 0 spiro atoms. The summed E-state index contributed by atoms with van der Waals surface area (Å²) in [6, 6.07) is 1.73. The van der Waals surface area contributed by atoms with Crippen LogP contribution in [-0.2, 0) is 0 Å². The molecule has 1 aromatic rings. The Labute approximate surface area is 94.6 Å². The minimum absolute atomic E-state index is 0.160. The summed E-state index contributed by atoms with van der Waals surface area (Å²) in [5, 5.41) is 9.90. The van der Waals surface area contributed by atoms with Crippen LogP contribution in [0.1, 0.15) is 30.3 Å². The highest BCUT2D eigenvalue weighted by Crippen LogP contribution is 2.14. The topological polar surface area (TPSA) is 67.2 Å². The fraction of sp³-hybridized carbons (Fsp3) is 0.636. The van der Waals surface area contributed by atoms with E-state index in [0.717, 1.165) is 19.5 Å². The van der Waals surface area contributed by atoms with Gasteiger partial charge in [-0.3, -0.25) is 4.79 Å². The van der Waals surface area contributed by atoms with Crippen molar-refractivity contribution in [1.82, 2.24) is 15.8 Å². The standard InChI is InChI=1S/C11H17N3O2/c1-8(9-3-2-5-12-7-9)13-11(15)10-4-6-16-14-10/h4,6,8-9,12H,2-3,5,7H2,1H3,(H,13,15). The van der Waals surface area contributed by atoms with E-state index in [2.05, 4.69) is 20.3 Å². The second kappa shape index (κ2) is 5.12. The summed E-state index contributed by atoms with van der Waals surface area (Å²) in [6.07, 6.45) is 3.74. The van der Waals surface area contributed by atoms with Crippen molar-refractivity contribution in [3.63, 3.8) is 0 Å². The van der Waals surface area contributed by atoms with Gasteiger partial charge < -0.3 is 15.2 Å². The predicted octanol–water partition coefficient (Wildman–Crippen LogP) is 0.792. The second-order valence-electron chi connectivity index (χ2n) is 4.25. The highest BCUT2D eigenvalue weighted by Gasteiger charge is 2.22. The molecule has 1 amide bonds. The highest BCUT2D eigenvalue weighted by molar-refractivity contribution is 5.92. The molecule has 1 aliphatic rings. The van der Waals surface area contributed by atoms with E-state index in [-0.39, 0.29) is 11.9 Å². The summed E-state index contributed by atoms with van der Waals surface area (Å²) in [4.78, 5) is 11.7. The van der Waals surface area contributed by atoms with Crippen LogP contribution in [0.5, 0.6) is 0 Å². The van der Waals surface area contributed by atoms with Crippen LogP contribution in [0.3, 0.4) is 0 Å². The zero-order valence-electron chi connectivity index (χ0n) is 9.40. The number of rotatable bonds is 3. The fourth-order valence-electron chi connectivity index (χ4n) is 2.03. The predicted molar refractivity (Wildman–Crippen MR) is 59.0 cm³/mol. The molecule has 2 N–H and O–H groups in total. The maximum atomic E-state index is 11.7. The van der Waals surface area contributed by atoms with Crippen molar-refractivity contribution < 1.29 is 9.32 Å². The van der Waals surface area contributed by atoms with Gasteiger partial charge in [0.05, 0.1) is 0 Å². The van der Waals surface area contributed by atoms with Crippen LogP contribution < -0.4 is 10.6 Å². The number of carbonyl (C=O) groups excluding carboxylic acids is 1. The molecule has 2 unspecified atom stereocenters. The molecule has 5 heteroatoms. The summed E-state index contributed by atoms with van der Waals surface area (Å²) < 4.78 is 4.64. The minimum atomic E-state index is -0.160. The Morgan fingerprint density at radius 1 is 1.75 bits per heavy atom. The third-order valence-corrected chi connectivity index (χ3v) is 3.07. The molecule has 88 valence electrons. The van der Waals surface area contributed by atoms with Gasteiger partial charge in [0, 0.05) is 12.1 Å². The lowest BCUT2D eigenvalue weighted by atomic mass is 9.93. The number of hydrogen-bond acceptors (Lipinski definition) is 4. The number of piperidine rings is 1. The molecular weight excluding hydrogens is 206 g/mol. The Bertz CT molecular complexity index is 331. The van der Waals surface area contributed by atoms with Gasteiger partial charge in [0.1, 0.15) is 6.26 Å². The van der Waals surface area contributed by atoms with Crippen molar-refractivity contribution in [3.05, 3.63) is 18.0 Å². The monoisotopic (exact) mass is 223 g/mol. The quantitative estimate of drug-likeness (QED) is 0.795. The molecule has 2 atom stereocenters.